The number of nitrogens with one attached hydrogen (secondary N) is 1. The summed E-state index contributed by atoms with van der Waals surface area (Å²) in [6.07, 6.45) is 3.71. The molecule has 2 aromatic rings. The van der Waals surface area contributed by atoms with E-state index in [2.05, 4.69) is 47.0 Å². The lowest BCUT2D eigenvalue weighted by Crippen LogP contribution is -2.55. The van der Waals surface area contributed by atoms with Gasteiger partial charge in [0.15, 0.2) is 0 Å². The van der Waals surface area contributed by atoms with E-state index in [9.17, 15) is 9.59 Å². The molecule has 3 heterocycles. The van der Waals surface area contributed by atoms with Crippen molar-refractivity contribution in [2.24, 2.45) is 0 Å². The zero-order valence-electron chi connectivity index (χ0n) is 20.5. The number of halogens is 1. The van der Waals surface area contributed by atoms with Crippen molar-refractivity contribution in [2.75, 3.05) is 42.9 Å². The van der Waals surface area contributed by atoms with Crippen LogP contribution in [0.25, 0.3) is 0 Å². The molecule has 1 N–H and O–H groups in total. The van der Waals surface area contributed by atoms with Crippen molar-refractivity contribution in [1.82, 2.24) is 14.8 Å². The first-order valence-corrected chi connectivity index (χ1v) is 15.9. The first kappa shape index (κ1) is 24.5. The van der Waals surface area contributed by atoms with E-state index in [1.165, 1.54) is 5.19 Å². The summed E-state index contributed by atoms with van der Waals surface area (Å²) < 4.78 is 0. The van der Waals surface area contributed by atoms with E-state index in [-0.39, 0.29) is 18.0 Å². The van der Waals surface area contributed by atoms with Gasteiger partial charge >= 0.3 is 6.03 Å². The van der Waals surface area contributed by atoms with Crippen LogP contribution in [0.2, 0.25) is 24.7 Å². The maximum absolute atomic E-state index is 12.9. The van der Waals surface area contributed by atoms with Crippen LogP contribution in [-0.4, -0.2) is 73.6 Å². The quantitative estimate of drug-likeness (QED) is 0.638. The third kappa shape index (κ3) is 5.39. The number of carbonyl (C=O) groups is 2. The maximum Gasteiger partial charge on any atom is 0.322 e. The number of hydrogen-bond acceptors (Lipinski definition) is 4. The van der Waals surface area contributed by atoms with Crippen molar-refractivity contribution in [1.29, 1.82) is 0 Å². The summed E-state index contributed by atoms with van der Waals surface area (Å²) >= 11 is 6.55. The van der Waals surface area contributed by atoms with Gasteiger partial charge in [-0.15, -0.1) is 0 Å². The van der Waals surface area contributed by atoms with Crippen molar-refractivity contribution in [3.8, 4) is 0 Å². The largest absolute Gasteiger partial charge is 0.352 e. The van der Waals surface area contributed by atoms with E-state index in [4.69, 9.17) is 11.6 Å². The van der Waals surface area contributed by atoms with Crippen molar-refractivity contribution in [3.63, 3.8) is 0 Å². The number of nitrogens with zero attached hydrogens (tertiary/aromatic N) is 4. The number of urea groups is 1. The molecule has 34 heavy (non-hydrogen) atoms. The Bertz CT molecular complexity index is 1050. The number of anilines is 2. The predicted molar refractivity (Wildman–Crippen MR) is 141 cm³/mol. The molecule has 0 radical (unpaired) electrons. The van der Waals surface area contributed by atoms with Gasteiger partial charge in [-0.2, -0.15) is 0 Å². The number of rotatable bonds is 4. The number of aromatic nitrogens is 1. The second kappa shape index (κ2) is 9.96. The van der Waals surface area contributed by atoms with Crippen LogP contribution in [0.4, 0.5) is 16.3 Å². The van der Waals surface area contributed by atoms with Crippen LogP contribution in [0.1, 0.15) is 30.1 Å². The molecule has 1 aromatic heterocycles. The lowest BCUT2D eigenvalue weighted by Gasteiger charge is -2.40. The Balaban J connectivity index is 1.37. The standard InChI is InChI=1S/C25H34ClN5O2Si/c1-18-17-30(23-22(26)15-19(16-27-23)24(32)29-11-5-6-12-29)13-14-31(18)25(33)28-20-7-9-21(10-8-20)34(2,3)4/h7-10,15-16,18H,5-6,11-14,17H2,1-4H3,(H,28,33). The molecule has 9 heteroatoms. The fourth-order valence-corrected chi connectivity index (χ4v) is 6.04. The van der Waals surface area contributed by atoms with E-state index in [1.54, 1.807) is 12.3 Å². The number of piperazine rings is 1. The summed E-state index contributed by atoms with van der Waals surface area (Å²) in [6, 6.07) is 9.82. The van der Waals surface area contributed by atoms with Gasteiger partial charge in [0.25, 0.3) is 5.91 Å². The van der Waals surface area contributed by atoms with E-state index >= 15 is 0 Å². The lowest BCUT2D eigenvalue weighted by molar-refractivity contribution is 0.0792. The van der Waals surface area contributed by atoms with Crippen LogP contribution in [-0.2, 0) is 0 Å². The van der Waals surface area contributed by atoms with Gasteiger partial charge in [0.1, 0.15) is 5.82 Å². The first-order chi connectivity index (χ1) is 16.1. The number of pyridine rings is 1. The Labute approximate surface area is 208 Å². The molecule has 4 rings (SSSR count). The smallest absolute Gasteiger partial charge is 0.322 e. The van der Waals surface area contributed by atoms with Gasteiger partial charge in [-0.05, 0) is 38.0 Å². The molecule has 1 unspecified atom stereocenters. The Morgan fingerprint density at radius 1 is 1.06 bits per heavy atom. The first-order valence-electron chi connectivity index (χ1n) is 12.0. The number of hydrogen-bond donors (Lipinski definition) is 1. The van der Waals surface area contributed by atoms with Gasteiger partial charge in [0.2, 0.25) is 0 Å². The third-order valence-electron chi connectivity index (χ3n) is 6.65. The molecule has 3 amide bonds. The van der Waals surface area contributed by atoms with E-state index < -0.39 is 8.07 Å². The molecule has 0 saturated carbocycles. The predicted octanol–water partition coefficient (Wildman–Crippen LogP) is 4.26. The van der Waals surface area contributed by atoms with Gasteiger partial charge in [-0.1, -0.05) is 48.6 Å². The highest BCUT2D eigenvalue weighted by atomic mass is 35.5. The normalized spacial score (nSPS) is 18.9. The number of likely N-dealkylation sites (tertiary alicyclic amines) is 1. The monoisotopic (exact) mass is 499 g/mol. The third-order valence-corrected chi connectivity index (χ3v) is 9.00. The van der Waals surface area contributed by atoms with Crippen LogP contribution in [0, 0.1) is 0 Å². The summed E-state index contributed by atoms with van der Waals surface area (Å²) in [6.45, 7) is 12.3. The molecule has 1 atom stereocenters. The maximum atomic E-state index is 12.9. The minimum atomic E-state index is -1.37. The van der Waals surface area contributed by atoms with Crippen LogP contribution in [0.15, 0.2) is 36.5 Å². The molecule has 2 aliphatic rings. The summed E-state index contributed by atoms with van der Waals surface area (Å²) in [4.78, 5) is 35.9. The highest BCUT2D eigenvalue weighted by Crippen LogP contribution is 2.27. The van der Waals surface area contributed by atoms with E-state index in [1.807, 2.05) is 28.9 Å². The molecular formula is C25H34ClN5O2Si. The van der Waals surface area contributed by atoms with E-state index in [0.717, 1.165) is 31.6 Å². The van der Waals surface area contributed by atoms with Gasteiger partial charge in [0, 0.05) is 50.6 Å². The molecule has 0 bridgehead atoms. The van der Waals surface area contributed by atoms with Crippen molar-refractivity contribution in [3.05, 3.63) is 47.1 Å². The van der Waals surface area contributed by atoms with Crippen molar-refractivity contribution in [2.45, 2.75) is 45.4 Å². The average molecular weight is 500 g/mol. The van der Waals surface area contributed by atoms with Crippen LogP contribution >= 0.6 is 11.6 Å². The molecular weight excluding hydrogens is 466 g/mol. The van der Waals surface area contributed by atoms with E-state index in [0.29, 0.717) is 36.0 Å². The SMILES string of the molecule is CC1CN(c2ncc(C(=O)N3CCCC3)cc2Cl)CCN1C(=O)Nc1ccc([Si](C)(C)C)cc1. The molecule has 2 saturated heterocycles. The number of amides is 3. The van der Waals surface area contributed by atoms with Crippen LogP contribution in [0.3, 0.4) is 0 Å². The minimum absolute atomic E-state index is 0.00816. The number of benzene rings is 1. The second-order valence-electron chi connectivity index (χ2n) is 10.3. The van der Waals surface area contributed by atoms with Crippen LogP contribution in [0.5, 0.6) is 0 Å². The van der Waals surface area contributed by atoms with Gasteiger partial charge < -0.3 is 20.0 Å². The Morgan fingerprint density at radius 2 is 1.74 bits per heavy atom. The highest BCUT2D eigenvalue weighted by Gasteiger charge is 2.30. The summed E-state index contributed by atoms with van der Waals surface area (Å²) in [5.41, 5.74) is 1.34. The molecule has 182 valence electrons. The second-order valence-corrected chi connectivity index (χ2v) is 15.8. The molecule has 0 spiro atoms. The summed E-state index contributed by atoms with van der Waals surface area (Å²) in [7, 11) is -1.37. The van der Waals surface area contributed by atoms with Gasteiger partial charge in [0.05, 0.1) is 18.7 Å². The fourth-order valence-electron chi connectivity index (χ4n) is 4.58. The Morgan fingerprint density at radius 3 is 2.32 bits per heavy atom. The zero-order chi connectivity index (χ0) is 24.5. The molecule has 2 fully saturated rings. The molecule has 7 nitrogen and oxygen atoms in total. The number of carbonyl (C=O) groups excluding carboxylic acids is 2. The van der Waals surface area contributed by atoms with Crippen molar-refractivity contribution < 1.29 is 9.59 Å². The molecule has 0 aliphatic carbocycles. The summed E-state index contributed by atoms with van der Waals surface area (Å²) in [5, 5.41) is 4.87. The topological polar surface area (TPSA) is 68.8 Å². The van der Waals surface area contributed by atoms with Crippen molar-refractivity contribution >= 4 is 48.3 Å². The van der Waals surface area contributed by atoms with Crippen LogP contribution < -0.4 is 15.4 Å². The Hall–Kier alpha value is -2.58. The minimum Gasteiger partial charge on any atom is -0.352 e. The zero-order valence-corrected chi connectivity index (χ0v) is 22.2. The summed E-state index contributed by atoms with van der Waals surface area (Å²) in [5.74, 6) is 0.652. The lowest BCUT2D eigenvalue weighted by atomic mass is 10.2. The molecule has 1 aromatic carbocycles. The average Bonchev–Trinajstić information content (AvgIpc) is 3.33. The molecule has 2 aliphatic heterocycles. The Kier molecular flexibility index (Phi) is 7.19. The van der Waals surface area contributed by atoms with Gasteiger partial charge in [-0.3, -0.25) is 4.79 Å². The van der Waals surface area contributed by atoms with Gasteiger partial charge in [-0.25, -0.2) is 9.78 Å². The fraction of sp³-hybridized carbons (Fsp3) is 0.480. The highest BCUT2D eigenvalue weighted by molar-refractivity contribution is 6.88.